The van der Waals surface area contributed by atoms with Crippen molar-refractivity contribution in [2.75, 3.05) is 0 Å². The van der Waals surface area contributed by atoms with Crippen LogP contribution in [0.5, 0.6) is 0 Å². The normalized spacial score (nSPS) is 23.9. The molecule has 0 saturated carbocycles. The van der Waals surface area contributed by atoms with Crippen molar-refractivity contribution < 1.29 is 5.11 Å². The van der Waals surface area contributed by atoms with Crippen LogP contribution in [0.15, 0.2) is 54.1 Å². The van der Waals surface area contributed by atoms with Crippen molar-refractivity contribution in [2.45, 2.75) is 18.9 Å². The van der Waals surface area contributed by atoms with E-state index < -0.39 is 0 Å². The molecule has 1 N–H and O–H groups in total. The molecular formula is C18H16O. The second kappa shape index (κ2) is 4.07. The van der Waals surface area contributed by atoms with E-state index in [0.717, 1.165) is 18.4 Å². The third kappa shape index (κ3) is 1.66. The average molecular weight is 248 g/mol. The fourth-order valence-electron chi connectivity index (χ4n) is 3.45. The van der Waals surface area contributed by atoms with Crippen molar-refractivity contribution in [3.63, 3.8) is 0 Å². The Bertz CT molecular complexity index is 669. The Hall–Kier alpha value is -1.86. The van der Waals surface area contributed by atoms with Crippen molar-refractivity contribution in [1.29, 1.82) is 0 Å². The van der Waals surface area contributed by atoms with Gasteiger partial charge >= 0.3 is 0 Å². The molecule has 0 aliphatic heterocycles. The molecule has 0 fully saturated rings. The molecule has 0 spiro atoms. The monoisotopic (exact) mass is 248 g/mol. The highest BCUT2D eigenvalue weighted by Gasteiger charge is 2.34. The molecule has 1 heteroatoms. The molecule has 0 heterocycles. The van der Waals surface area contributed by atoms with E-state index in [1.807, 2.05) is 6.07 Å². The Morgan fingerprint density at radius 1 is 0.895 bits per heavy atom. The molecule has 0 radical (unpaired) electrons. The molecule has 94 valence electrons. The van der Waals surface area contributed by atoms with Gasteiger partial charge in [0.15, 0.2) is 0 Å². The summed E-state index contributed by atoms with van der Waals surface area (Å²) in [4.78, 5) is 0. The Morgan fingerprint density at radius 3 is 2.42 bits per heavy atom. The lowest BCUT2D eigenvalue weighted by Crippen LogP contribution is -2.10. The third-order valence-electron chi connectivity index (χ3n) is 4.46. The van der Waals surface area contributed by atoms with Gasteiger partial charge in [-0.1, -0.05) is 60.2 Å². The molecule has 1 nitrogen and oxygen atoms in total. The van der Waals surface area contributed by atoms with Gasteiger partial charge in [-0.05, 0) is 35.1 Å². The molecule has 2 aromatic carbocycles. The van der Waals surface area contributed by atoms with Gasteiger partial charge in [0, 0.05) is 5.92 Å². The minimum absolute atomic E-state index is 0.254. The number of hydrogen-bond acceptors (Lipinski definition) is 1. The zero-order valence-electron chi connectivity index (χ0n) is 10.7. The van der Waals surface area contributed by atoms with E-state index in [-0.39, 0.29) is 12.0 Å². The van der Waals surface area contributed by atoms with Crippen molar-refractivity contribution in [1.82, 2.24) is 0 Å². The molecule has 0 amide bonds. The Morgan fingerprint density at radius 2 is 1.63 bits per heavy atom. The lowest BCUT2D eigenvalue weighted by molar-refractivity contribution is 0.140. The number of hydrogen-bond donors (Lipinski definition) is 1. The van der Waals surface area contributed by atoms with Gasteiger partial charge in [0.2, 0.25) is 0 Å². The second-order valence-electron chi connectivity index (χ2n) is 5.55. The summed E-state index contributed by atoms with van der Waals surface area (Å²) in [5.41, 5.74) is 6.51. The van der Waals surface area contributed by atoms with Gasteiger partial charge in [-0.3, -0.25) is 0 Å². The van der Waals surface area contributed by atoms with E-state index in [9.17, 15) is 5.11 Å². The first-order valence-electron chi connectivity index (χ1n) is 6.87. The van der Waals surface area contributed by atoms with Gasteiger partial charge in [-0.15, -0.1) is 0 Å². The van der Waals surface area contributed by atoms with Gasteiger partial charge in [0.05, 0.1) is 6.10 Å². The van der Waals surface area contributed by atoms with Crippen LogP contribution in [-0.4, -0.2) is 5.11 Å². The number of rotatable bonds is 1. The first kappa shape index (κ1) is 11.0. The summed E-state index contributed by atoms with van der Waals surface area (Å²) in [6.45, 7) is 0. The summed E-state index contributed by atoms with van der Waals surface area (Å²) >= 11 is 0. The molecule has 0 saturated heterocycles. The summed E-state index contributed by atoms with van der Waals surface area (Å²) in [5, 5.41) is 10.5. The molecule has 2 aliphatic rings. The largest absolute Gasteiger partial charge is 0.388 e. The highest BCUT2D eigenvalue weighted by molar-refractivity contribution is 5.65. The third-order valence-corrected chi connectivity index (χ3v) is 4.46. The van der Waals surface area contributed by atoms with Crippen LogP contribution in [0.1, 0.15) is 28.4 Å². The highest BCUT2D eigenvalue weighted by atomic mass is 16.3. The first-order chi connectivity index (χ1) is 9.33. The SMILES string of the molecule is O[C@H]1c2ccccc2C[C@H]1C1=Cc2ccccc2C1. The summed E-state index contributed by atoms with van der Waals surface area (Å²) in [6.07, 6.45) is 3.90. The number of benzene rings is 2. The maximum Gasteiger partial charge on any atom is 0.0861 e. The summed E-state index contributed by atoms with van der Waals surface area (Å²) in [7, 11) is 0. The zero-order chi connectivity index (χ0) is 12.8. The summed E-state index contributed by atoms with van der Waals surface area (Å²) < 4.78 is 0. The van der Waals surface area contributed by atoms with Crippen LogP contribution in [0.3, 0.4) is 0 Å². The van der Waals surface area contributed by atoms with Gasteiger partial charge in [-0.25, -0.2) is 0 Å². The molecule has 0 aromatic heterocycles. The van der Waals surface area contributed by atoms with Crippen LogP contribution >= 0.6 is 0 Å². The van der Waals surface area contributed by atoms with Crippen LogP contribution in [-0.2, 0) is 12.8 Å². The Balaban J connectivity index is 1.68. The molecular weight excluding hydrogens is 232 g/mol. The minimum Gasteiger partial charge on any atom is -0.388 e. The van der Waals surface area contributed by atoms with E-state index in [0.29, 0.717) is 0 Å². The van der Waals surface area contributed by atoms with Crippen molar-refractivity contribution >= 4 is 6.08 Å². The molecule has 0 bridgehead atoms. The standard InChI is InChI=1S/C18H16O/c19-18-16-8-4-3-7-14(16)11-17(18)15-9-12-5-1-2-6-13(12)10-15/h1-9,17-19H,10-11H2/t17-,18-/m0/s1. The van der Waals surface area contributed by atoms with Crippen molar-refractivity contribution in [2.24, 2.45) is 5.92 Å². The van der Waals surface area contributed by atoms with Crippen LogP contribution in [0, 0.1) is 5.92 Å². The average Bonchev–Trinajstić information content (AvgIpc) is 3.00. The summed E-state index contributed by atoms with van der Waals surface area (Å²) in [5.74, 6) is 0.254. The Kier molecular flexibility index (Phi) is 2.36. The predicted molar refractivity (Wildman–Crippen MR) is 76.7 cm³/mol. The van der Waals surface area contributed by atoms with Crippen LogP contribution in [0.4, 0.5) is 0 Å². The quantitative estimate of drug-likeness (QED) is 0.818. The molecule has 2 aliphatic carbocycles. The van der Waals surface area contributed by atoms with Crippen molar-refractivity contribution in [3.05, 3.63) is 76.4 Å². The van der Waals surface area contributed by atoms with Gasteiger partial charge in [0.1, 0.15) is 0 Å². The number of aliphatic hydroxyl groups is 1. The van der Waals surface area contributed by atoms with Crippen LogP contribution in [0.2, 0.25) is 0 Å². The minimum atomic E-state index is -0.336. The number of aliphatic hydroxyl groups excluding tert-OH is 1. The maximum atomic E-state index is 10.5. The highest BCUT2D eigenvalue weighted by Crippen LogP contribution is 2.43. The fraction of sp³-hybridized carbons (Fsp3) is 0.222. The Labute approximate surface area is 113 Å². The van der Waals surface area contributed by atoms with Crippen LogP contribution in [0.25, 0.3) is 6.08 Å². The van der Waals surface area contributed by atoms with Gasteiger partial charge in [0.25, 0.3) is 0 Å². The van der Waals surface area contributed by atoms with E-state index in [1.165, 1.54) is 22.3 Å². The lowest BCUT2D eigenvalue weighted by atomic mass is 9.92. The van der Waals surface area contributed by atoms with Crippen LogP contribution < -0.4 is 0 Å². The first-order valence-corrected chi connectivity index (χ1v) is 6.87. The van der Waals surface area contributed by atoms with Gasteiger partial charge in [-0.2, -0.15) is 0 Å². The van der Waals surface area contributed by atoms with E-state index in [2.05, 4.69) is 48.5 Å². The molecule has 2 atom stereocenters. The molecule has 0 unspecified atom stereocenters. The lowest BCUT2D eigenvalue weighted by Gasteiger charge is -2.16. The van der Waals surface area contributed by atoms with E-state index in [4.69, 9.17) is 0 Å². The van der Waals surface area contributed by atoms with Gasteiger partial charge < -0.3 is 5.11 Å². The maximum absolute atomic E-state index is 10.5. The second-order valence-corrected chi connectivity index (χ2v) is 5.55. The predicted octanol–water partition coefficient (Wildman–Crippen LogP) is 3.53. The van der Waals surface area contributed by atoms with Crippen molar-refractivity contribution in [3.8, 4) is 0 Å². The van der Waals surface area contributed by atoms with E-state index >= 15 is 0 Å². The smallest absolute Gasteiger partial charge is 0.0861 e. The summed E-state index contributed by atoms with van der Waals surface area (Å²) in [6, 6.07) is 16.8. The number of fused-ring (bicyclic) bond motifs is 2. The molecule has 19 heavy (non-hydrogen) atoms. The molecule has 2 aromatic rings. The zero-order valence-corrected chi connectivity index (χ0v) is 10.7. The molecule has 4 rings (SSSR count). The fourth-order valence-corrected chi connectivity index (χ4v) is 3.45. The topological polar surface area (TPSA) is 20.2 Å². The van der Waals surface area contributed by atoms with E-state index in [1.54, 1.807) is 0 Å².